The molecule has 3 N–H and O–H groups in total. The number of rotatable bonds is 6. The molecule has 9 nitrogen and oxygen atoms in total. The number of piperidine rings is 1. The van der Waals surface area contributed by atoms with Gasteiger partial charge in [-0.1, -0.05) is 12.1 Å². The van der Waals surface area contributed by atoms with Crippen molar-refractivity contribution in [3.05, 3.63) is 70.9 Å². The number of hydrogen-bond donors (Lipinski definition) is 3. The number of hydrogen-bond acceptors (Lipinski definition) is 7. The van der Waals surface area contributed by atoms with Crippen LogP contribution in [-0.2, 0) is 16.0 Å². The molecule has 4 aromatic rings. The summed E-state index contributed by atoms with van der Waals surface area (Å²) in [6.45, 7) is 3.85. The fourth-order valence-electron chi connectivity index (χ4n) is 4.84. The Bertz CT molecular complexity index is 1370. The number of aromatic nitrogens is 4. The molecule has 0 bridgehead atoms. The predicted octanol–water partition coefficient (Wildman–Crippen LogP) is 3.37. The zero-order valence-electron chi connectivity index (χ0n) is 19.4. The summed E-state index contributed by atoms with van der Waals surface area (Å²) in [5, 5.41) is 12.6. The molecule has 2 saturated heterocycles. The van der Waals surface area contributed by atoms with E-state index in [0.717, 1.165) is 48.3 Å². The minimum Gasteiger partial charge on any atom is -0.348 e. The van der Waals surface area contributed by atoms with Crippen molar-refractivity contribution in [3.8, 4) is 11.3 Å². The Morgan fingerprint density at radius 3 is 2.69 bits per heavy atom. The molecule has 0 saturated carbocycles. The van der Waals surface area contributed by atoms with Gasteiger partial charge < -0.3 is 25.1 Å². The van der Waals surface area contributed by atoms with Crippen molar-refractivity contribution >= 4 is 22.3 Å². The fourth-order valence-corrected chi connectivity index (χ4v) is 4.84. The van der Waals surface area contributed by atoms with Crippen molar-refractivity contribution in [2.45, 2.75) is 31.6 Å². The largest absolute Gasteiger partial charge is 0.348 e. The molecule has 3 aromatic heterocycles. The third-order valence-corrected chi connectivity index (χ3v) is 6.69. The maximum Gasteiger partial charge on any atom is 0.259 e. The first-order valence-electron chi connectivity index (χ1n) is 12.1. The summed E-state index contributed by atoms with van der Waals surface area (Å²) in [5.74, 6) is 1.11. The second-order valence-electron chi connectivity index (χ2n) is 9.02. The van der Waals surface area contributed by atoms with Crippen molar-refractivity contribution in [1.29, 1.82) is 0 Å². The quantitative estimate of drug-likeness (QED) is 0.395. The maximum absolute atomic E-state index is 12.7. The Morgan fingerprint density at radius 2 is 1.89 bits per heavy atom. The van der Waals surface area contributed by atoms with E-state index in [2.05, 4.69) is 45.0 Å². The minimum atomic E-state index is -0.282. The van der Waals surface area contributed by atoms with E-state index >= 15 is 0 Å². The first-order chi connectivity index (χ1) is 17.2. The highest BCUT2D eigenvalue weighted by Gasteiger charge is 2.18. The molecule has 5 heterocycles. The molecule has 1 aromatic carbocycles. The van der Waals surface area contributed by atoms with Crippen LogP contribution < -0.4 is 16.2 Å². The van der Waals surface area contributed by atoms with E-state index in [9.17, 15) is 4.79 Å². The van der Waals surface area contributed by atoms with Crippen LogP contribution in [0, 0.1) is 0 Å². The third kappa shape index (κ3) is 4.70. The highest BCUT2D eigenvalue weighted by atomic mass is 16.7. The van der Waals surface area contributed by atoms with Gasteiger partial charge >= 0.3 is 0 Å². The van der Waals surface area contributed by atoms with E-state index in [1.807, 2.05) is 18.3 Å². The summed E-state index contributed by atoms with van der Waals surface area (Å²) in [7, 11) is 0. The van der Waals surface area contributed by atoms with Gasteiger partial charge in [-0.05, 0) is 67.1 Å². The molecule has 0 aliphatic carbocycles. The van der Waals surface area contributed by atoms with Gasteiger partial charge in [-0.25, -0.2) is 4.98 Å². The van der Waals surface area contributed by atoms with Crippen LogP contribution in [0.2, 0.25) is 0 Å². The number of nitrogens with one attached hydrogen (secondary N) is 3. The average molecular weight is 473 g/mol. The van der Waals surface area contributed by atoms with Gasteiger partial charge in [0, 0.05) is 23.6 Å². The van der Waals surface area contributed by atoms with Crippen LogP contribution in [0.25, 0.3) is 22.0 Å². The SMILES string of the molecule is O=c1[nH]ccc2cc(-c3cnn(CC4OCCO4)c3)nc(Nc3ccc(C4CCNCC4)cc3)c12. The van der Waals surface area contributed by atoms with Gasteiger partial charge in [-0.3, -0.25) is 9.48 Å². The topological polar surface area (TPSA) is 106 Å². The van der Waals surface area contributed by atoms with E-state index < -0.39 is 0 Å². The number of nitrogens with zero attached hydrogens (tertiary/aromatic N) is 3. The van der Waals surface area contributed by atoms with E-state index in [1.165, 1.54) is 5.56 Å². The summed E-state index contributed by atoms with van der Waals surface area (Å²) in [4.78, 5) is 20.3. The lowest BCUT2D eigenvalue weighted by Crippen LogP contribution is -2.26. The molecule has 0 spiro atoms. The molecule has 9 heteroatoms. The van der Waals surface area contributed by atoms with Gasteiger partial charge in [-0.2, -0.15) is 5.10 Å². The standard InChI is InChI=1S/C26H28N6O3/c33-26-24-19(7-10-28-26)13-22(20-14-29-32(15-20)16-23-34-11-12-35-23)31-25(24)30-21-3-1-17(2-4-21)18-5-8-27-9-6-18/h1-4,7,10,13-15,18,23,27H,5-6,8-9,11-12,16H2,(H,28,33)(H,30,31). The summed E-state index contributed by atoms with van der Waals surface area (Å²) in [6, 6.07) is 12.3. The molecule has 180 valence electrons. The number of aromatic amines is 1. The highest BCUT2D eigenvalue weighted by molar-refractivity contribution is 5.95. The van der Waals surface area contributed by atoms with Crippen LogP contribution in [0.15, 0.2) is 59.8 Å². The zero-order chi connectivity index (χ0) is 23.6. The zero-order valence-corrected chi connectivity index (χ0v) is 19.4. The van der Waals surface area contributed by atoms with Crippen molar-refractivity contribution < 1.29 is 9.47 Å². The Balaban J connectivity index is 1.30. The van der Waals surface area contributed by atoms with Gasteiger partial charge in [-0.15, -0.1) is 0 Å². The lowest BCUT2D eigenvalue weighted by molar-refractivity contribution is -0.0545. The summed E-state index contributed by atoms with van der Waals surface area (Å²) >= 11 is 0. The van der Waals surface area contributed by atoms with E-state index in [0.29, 0.717) is 36.9 Å². The number of anilines is 2. The molecule has 0 atom stereocenters. The van der Waals surface area contributed by atoms with E-state index in [1.54, 1.807) is 17.1 Å². The Kier molecular flexibility index (Phi) is 6.03. The van der Waals surface area contributed by atoms with Gasteiger partial charge in [0.05, 0.1) is 37.0 Å². The first-order valence-corrected chi connectivity index (χ1v) is 12.1. The second-order valence-corrected chi connectivity index (χ2v) is 9.02. The Hall–Kier alpha value is -3.53. The van der Waals surface area contributed by atoms with Crippen molar-refractivity contribution in [2.75, 3.05) is 31.6 Å². The molecule has 0 unspecified atom stereocenters. The number of fused-ring (bicyclic) bond motifs is 1. The lowest BCUT2D eigenvalue weighted by Gasteiger charge is -2.23. The van der Waals surface area contributed by atoms with Crippen LogP contribution >= 0.6 is 0 Å². The van der Waals surface area contributed by atoms with Gasteiger partial charge in [0.25, 0.3) is 5.56 Å². The molecule has 35 heavy (non-hydrogen) atoms. The van der Waals surface area contributed by atoms with Gasteiger partial charge in [0.15, 0.2) is 6.29 Å². The first kappa shape index (κ1) is 22.0. The van der Waals surface area contributed by atoms with Crippen LogP contribution in [0.1, 0.15) is 24.3 Å². The molecule has 2 aliphatic rings. The molecular formula is C26H28N6O3. The highest BCUT2D eigenvalue weighted by Crippen LogP contribution is 2.30. The Labute approximate surface area is 202 Å². The van der Waals surface area contributed by atoms with E-state index in [4.69, 9.17) is 14.5 Å². The fraction of sp³-hybridized carbons (Fsp3) is 0.346. The maximum atomic E-state index is 12.7. The van der Waals surface area contributed by atoms with Crippen LogP contribution in [0.5, 0.6) is 0 Å². The van der Waals surface area contributed by atoms with E-state index in [-0.39, 0.29) is 11.8 Å². The summed E-state index contributed by atoms with van der Waals surface area (Å²) in [6.07, 6.45) is 7.38. The predicted molar refractivity (Wildman–Crippen MR) is 134 cm³/mol. The van der Waals surface area contributed by atoms with Crippen LogP contribution in [-0.4, -0.2) is 52.3 Å². The molecule has 0 radical (unpaired) electrons. The number of benzene rings is 1. The van der Waals surface area contributed by atoms with Gasteiger partial charge in [0.1, 0.15) is 5.82 Å². The number of pyridine rings is 2. The lowest BCUT2D eigenvalue weighted by atomic mass is 9.90. The van der Waals surface area contributed by atoms with Crippen molar-refractivity contribution in [2.24, 2.45) is 0 Å². The van der Waals surface area contributed by atoms with Crippen molar-refractivity contribution in [3.63, 3.8) is 0 Å². The molecule has 6 rings (SSSR count). The molecule has 2 aliphatic heterocycles. The summed E-state index contributed by atoms with van der Waals surface area (Å²) in [5.41, 5.74) is 3.65. The second kappa shape index (κ2) is 9.61. The molecular weight excluding hydrogens is 444 g/mol. The van der Waals surface area contributed by atoms with Crippen LogP contribution in [0.3, 0.4) is 0 Å². The normalized spacial score (nSPS) is 17.3. The molecule has 2 fully saturated rings. The third-order valence-electron chi connectivity index (χ3n) is 6.69. The van der Waals surface area contributed by atoms with Crippen LogP contribution in [0.4, 0.5) is 11.5 Å². The smallest absolute Gasteiger partial charge is 0.259 e. The Morgan fingerprint density at radius 1 is 1.09 bits per heavy atom. The molecule has 0 amide bonds. The average Bonchev–Trinajstić information content (AvgIpc) is 3.58. The summed E-state index contributed by atoms with van der Waals surface area (Å²) < 4.78 is 12.8. The monoisotopic (exact) mass is 472 g/mol. The van der Waals surface area contributed by atoms with Crippen molar-refractivity contribution in [1.82, 2.24) is 25.1 Å². The number of H-pyrrole nitrogens is 1. The van der Waals surface area contributed by atoms with Gasteiger partial charge in [0.2, 0.25) is 0 Å². The minimum absolute atomic E-state index is 0.179. The number of ether oxygens (including phenoxy) is 2.